The Morgan fingerprint density at radius 3 is 2.52 bits per heavy atom. The maximum atomic E-state index is 8.91. The molecule has 0 aliphatic carbocycles. The zero-order valence-electron chi connectivity index (χ0n) is 17.1. The van der Waals surface area contributed by atoms with Crippen LogP contribution in [0.15, 0.2) is 59.6 Å². The fraction of sp³-hybridized carbons (Fsp3) is 0.391. The van der Waals surface area contributed by atoms with Gasteiger partial charge in [-0.2, -0.15) is 5.26 Å². The van der Waals surface area contributed by atoms with Crippen molar-refractivity contribution in [3.8, 4) is 6.07 Å². The molecule has 2 N–H and O–H groups in total. The van der Waals surface area contributed by atoms with Gasteiger partial charge in [-0.1, -0.05) is 42.5 Å². The Bertz CT molecular complexity index is 813. The minimum Gasteiger partial charge on any atom is -0.357 e. The molecule has 2 aromatic carbocycles. The first-order valence-corrected chi connectivity index (χ1v) is 9.99. The highest BCUT2D eigenvalue weighted by atomic mass is 127. The largest absolute Gasteiger partial charge is 0.357 e. The van der Waals surface area contributed by atoms with Gasteiger partial charge in [0.15, 0.2) is 5.96 Å². The van der Waals surface area contributed by atoms with Crippen LogP contribution in [0.4, 0.5) is 0 Å². The van der Waals surface area contributed by atoms with Gasteiger partial charge >= 0.3 is 0 Å². The van der Waals surface area contributed by atoms with Crippen molar-refractivity contribution in [1.82, 2.24) is 15.5 Å². The third-order valence-corrected chi connectivity index (χ3v) is 5.12. The zero-order chi connectivity index (χ0) is 19.8. The molecular weight excluding hydrogens is 473 g/mol. The molecule has 0 amide bonds. The summed E-state index contributed by atoms with van der Waals surface area (Å²) >= 11 is 0. The number of aliphatic imine (C=N–C) groups is 1. The van der Waals surface area contributed by atoms with E-state index in [1.807, 2.05) is 24.3 Å². The van der Waals surface area contributed by atoms with E-state index in [9.17, 15) is 0 Å². The topological polar surface area (TPSA) is 63.5 Å². The third-order valence-electron chi connectivity index (χ3n) is 5.12. The van der Waals surface area contributed by atoms with E-state index in [0.29, 0.717) is 24.2 Å². The van der Waals surface area contributed by atoms with Gasteiger partial charge in [0.05, 0.1) is 18.2 Å². The Kier molecular flexibility index (Phi) is 9.42. The molecule has 154 valence electrons. The van der Waals surface area contributed by atoms with Crippen molar-refractivity contribution in [2.75, 3.05) is 13.1 Å². The van der Waals surface area contributed by atoms with Crippen LogP contribution in [0.25, 0.3) is 0 Å². The Hall–Kier alpha value is -2.11. The maximum absolute atomic E-state index is 8.91. The molecule has 0 bridgehead atoms. The van der Waals surface area contributed by atoms with E-state index in [0.717, 1.165) is 37.6 Å². The number of halogens is 1. The van der Waals surface area contributed by atoms with Gasteiger partial charge in [0.2, 0.25) is 0 Å². The molecule has 6 heteroatoms. The summed E-state index contributed by atoms with van der Waals surface area (Å²) in [7, 11) is 0. The summed E-state index contributed by atoms with van der Waals surface area (Å²) in [5.74, 6) is 0.852. The lowest BCUT2D eigenvalue weighted by Crippen LogP contribution is -2.44. The minimum absolute atomic E-state index is 0. The molecule has 1 aliphatic rings. The van der Waals surface area contributed by atoms with Crippen LogP contribution in [0.5, 0.6) is 0 Å². The van der Waals surface area contributed by atoms with Crippen molar-refractivity contribution < 1.29 is 0 Å². The highest BCUT2D eigenvalue weighted by Gasteiger charge is 2.29. The fourth-order valence-corrected chi connectivity index (χ4v) is 3.61. The van der Waals surface area contributed by atoms with Crippen molar-refractivity contribution >= 4 is 29.9 Å². The van der Waals surface area contributed by atoms with Gasteiger partial charge in [0, 0.05) is 31.7 Å². The summed E-state index contributed by atoms with van der Waals surface area (Å²) in [5.41, 5.74) is 3.13. The molecule has 1 heterocycles. The number of nitrogens with zero attached hydrogens (tertiary/aromatic N) is 3. The van der Waals surface area contributed by atoms with Crippen LogP contribution in [-0.2, 0) is 13.1 Å². The molecule has 0 radical (unpaired) electrons. The summed E-state index contributed by atoms with van der Waals surface area (Å²) in [4.78, 5) is 7.25. The maximum Gasteiger partial charge on any atom is 0.191 e. The lowest BCUT2D eigenvalue weighted by molar-refractivity contribution is 0.258. The standard InChI is InChI=1S/C23H29N5.HI/c1-3-25-23(26-15-20-11-9-19(14-24)10-12-20)27-22-13-18(2)28(17-22)16-21-7-5-4-6-8-21;/h4-12,18,22H,3,13,15-17H2,1-2H3,(H2,25,26,27);1H. The number of benzene rings is 2. The molecule has 0 aromatic heterocycles. The van der Waals surface area contributed by atoms with E-state index < -0.39 is 0 Å². The molecule has 1 fully saturated rings. The smallest absolute Gasteiger partial charge is 0.191 e. The highest BCUT2D eigenvalue weighted by molar-refractivity contribution is 14.0. The Balaban J connectivity index is 0.00000300. The second-order valence-corrected chi connectivity index (χ2v) is 7.34. The summed E-state index contributed by atoms with van der Waals surface area (Å²) < 4.78 is 0. The van der Waals surface area contributed by atoms with Crippen LogP contribution < -0.4 is 10.6 Å². The van der Waals surface area contributed by atoms with Crippen LogP contribution in [0.3, 0.4) is 0 Å². The van der Waals surface area contributed by atoms with Crippen molar-refractivity contribution in [2.24, 2.45) is 4.99 Å². The fourth-order valence-electron chi connectivity index (χ4n) is 3.61. The van der Waals surface area contributed by atoms with Gasteiger partial charge in [-0.3, -0.25) is 4.90 Å². The molecule has 2 unspecified atom stereocenters. The predicted molar refractivity (Wildman–Crippen MR) is 129 cm³/mol. The number of nitrogens with one attached hydrogen (secondary N) is 2. The molecule has 2 atom stereocenters. The number of rotatable bonds is 6. The van der Waals surface area contributed by atoms with Crippen LogP contribution in [0.1, 0.15) is 37.0 Å². The zero-order valence-corrected chi connectivity index (χ0v) is 19.5. The summed E-state index contributed by atoms with van der Waals surface area (Å²) in [5, 5.41) is 15.9. The quantitative estimate of drug-likeness (QED) is 0.357. The normalized spacial score (nSPS) is 19.3. The average molecular weight is 503 g/mol. The number of likely N-dealkylation sites (tertiary alicyclic amines) is 1. The van der Waals surface area contributed by atoms with E-state index >= 15 is 0 Å². The van der Waals surface area contributed by atoms with Crippen molar-refractivity contribution in [3.63, 3.8) is 0 Å². The SMILES string of the molecule is CCNC(=NCc1ccc(C#N)cc1)NC1CC(C)N(Cc2ccccc2)C1.I. The molecule has 2 aromatic rings. The first kappa shape index (κ1) is 23.2. The van der Waals surface area contributed by atoms with Crippen LogP contribution in [0.2, 0.25) is 0 Å². The molecule has 3 rings (SSSR count). The van der Waals surface area contributed by atoms with Crippen LogP contribution in [0, 0.1) is 11.3 Å². The van der Waals surface area contributed by atoms with Crippen molar-refractivity contribution in [1.29, 1.82) is 5.26 Å². The van der Waals surface area contributed by atoms with Gasteiger partial charge in [-0.25, -0.2) is 4.99 Å². The number of guanidine groups is 1. The average Bonchev–Trinajstić information content (AvgIpc) is 3.06. The second kappa shape index (κ2) is 11.8. The Morgan fingerprint density at radius 2 is 1.86 bits per heavy atom. The van der Waals surface area contributed by atoms with E-state index in [-0.39, 0.29) is 24.0 Å². The number of hydrogen-bond acceptors (Lipinski definition) is 3. The van der Waals surface area contributed by atoms with Crippen LogP contribution in [-0.4, -0.2) is 36.0 Å². The van der Waals surface area contributed by atoms with Crippen LogP contribution >= 0.6 is 24.0 Å². The molecule has 29 heavy (non-hydrogen) atoms. The minimum atomic E-state index is 0. The van der Waals surface area contributed by atoms with Gasteiger partial charge in [-0.15, -0.1) is 24.0 Å². The molecule has 0 spiro atoms. The third kappa shape index (κ3) is 7.02. The lowest BCUT2D eigenvalue weighted by Gasteiger charge is -2.21. The van der Waals surface area contributed by atoms with Gasteiger partial charge in [-0.05, 0) is 43.5 Å². The van der Waals surface area contributed by atoms with Gasteiger partial charge in [0.1, 0.15) is 0 Å². The first-order chi connectivity index (χ1) is 13.7. The van der Waals surface area contributed by atoms with Crippen molar-refractivity contribution in [3.05, 3.63) is 71.3 Å². The molecule has 0 saturated carbocycles. The lowest BCUT2D eigenvalue weighted by atomic mass is 10.1. The molecule has 1 saturated heterocycles. The molecule has 1 aliphatic heterocycles. The highest BCUT2D eigenvalue weighted by Crippen LogP contribution is 2.20. The summed E-state index contributed by atoms with van der Waals surface area (Å²) in [6.45, 7) is 7.80. The Labute approximate surface area is 191 Å². The Morgan fingerprint density at radius 1 is 1.14 bits per heavy atom. The number of hydrogen-bond donors (Lipinski definition) is 2. The van der Waals surface area contributed by atoms with E-state index in [1.165, 1.54) is 5.56 Å². The van der Waals surface area contributed by atoms with Gasteiger partial charge < -0.3 is 10.6 Å². The molecular formula is C23H30IN5. The van der Waals surface area contributed by atoms with E-state index in [2.05, 4.69) is 65.8 Å². The molecule has 5 nitrogen and oxygen atoms in total. The van der Waals surface area contributed by atoms with E-state index in [1.54, 1.807) is 0 Å². The first-order valence-electron chi connectivity index (χ1n) is 9.99. The predicted octanol–water partition coefficient (Wildman–Crippen LogP) is 3.89. The summed E-state index contributed by atoms with van der Waals surface area (Å²) in [6.07, 6.45) is 1.11. The van der Waals surface area contributed by atoms with Crippen molar-refractivity contribution in [2.45, 2.75) is 45.4 Å². The van der Waals surface area contributed by atoms with E-state index in [4.69, 9.17) is 10.3 Å². The monoisotopic (exact) mass is 503 g/mol. The van der Waals surface area contributed by atoms with Gasteiger partial charge in [0.25, 0.3) is 0 Å². The summed E-state index contributed by atoms with van der Waals surface area (Å²) in [6, 6.07) is 21.3. The second-order valence-electron chi connectivity index (χ2n) is 7.34. The number of nitriles is 1.